The van der Waals surface area contributed by atoms with Gasteiger partial charge in [0.15, 0.2) is 5.13 Å². The number of aromatic nitrogens is 3. The molecule has 1 aliphatic heterocycles. The Morgan fingerprint density at radius 1 is 1.29 bits per heavy atom. The Kier molecular flexibility index (Phi) is 4.67. The molecule has 8 heteroatoms. The second-order valence-electron chi connectivity index (χ2n) is 5.13. The lowest BCUT2D eigenvalue weighted by molar-refractivity contribution is 0.288. The van der Waals surface area contributed by atoms with E-state index >= 15 is 0 Å². The van der Waals surface area contributed by atoms with Crippen LogP contribution in [0, 0.1) is 0 Å². The maximum atomic E-state index is 5.69. The lowest BCUT2D eigenvalue weighted by Gasteiger charge is -2.20. The minimum absolute atomic E-state index is 0.655. The molecule has 3 heterocycles. The number of rotatable bonds is 4. The zero-order chi connectivity index (χ0) is 14.7. The maximum absolute atomic E-state index is 5.69. The SMILES string of the molecule is CCc1nsc(N2CCCN(Cc3cnc(N)s3)CC2)n1. The first kappa shape index (κ1) is 14.7. The maximum Gasteiger partial charge on any atom is 0.205 e. The van der Waals surface area contributed by atoms with Crippen molar-refractivity contribution in [3.63, 3.8) is 0 Å². The average molecular weight is 324 g/mol. The highest BCUT2D eigenvalue weighted by atomic mass is 32.1. The molecule has 0 aromatic carbocycles. The fourth-order valence-electron chi connectivity index (χ4n) is 2.45. The summed E-state index contributed by atoms with van der Waals surface area (Å²) in [7, 11) is 0. The van der Waals surface area contributed by atoms with Crippen LogP contribution in [0.3, 0.4) is 0 Å². The van der Waals surface area contributed by atoms with Crippen LogP contribution in [0.1, 0.15) is 24.0 Å². The molecule has 0 spiro atoms. The van der Waals surface area contributed by atoms with Gasteiger partial charge in [0, 0.05) is 61.8 Å². The van der Waals surface area contributed by atoms with Gasteiger partial charge in [-0.15, -0.1) is 11.3 Å². The molecule has 0 amide bonds. The summed E-state index contributed by atoms with van der Waals surface area (Å²) < 4.78 is 4.38. The number of nitrogen functional groups attached to an aromatic ring is 1. The van der Waals surface area contributed by atoms with Gasteiger partial charge in [0.2, 0.25) is 5.13 Å². The molecule has 0 saturated carbocycles. The molecule has 3 rings (SSSR count). The predicted octanol–water partition coefficient (Wildman–Crippen LogP) is 1.85. The molecule has 1 aliphatic rings. The van der Waals surface area contributed by atoms with Gasteiger partial charge in [0.25, 0.3) is 0 Å². The molecule has 0 atom stereocenters. The lowest BCUT2D eigenvalue weighted by atomic mass is 10.4. The molecule has 0 aliphatic carbocycles. The van der Waals surface area contributed by atoms with E-state index in [9.17, 15) is 0 Å². The minimum atomic E-state index is 0.655. The van der Waals surface area contributed by atoms with E-state index < -0.39 is 0 Å². The van der Waals surface area contributed by atoms with Crippen molar-refractivity contribution in [3.8, 4) is 0 Å². The molecular weight excluding hydrogens is 304 g/mol. The third-order valence-corrected chi connectivity index (χ3v) is 5.21. The molecular formula is C13H20N6S2. The van der Waals surface area contributed by atoms with Gasteiger partial charge in [-0.2, -0.15) is 4.37 Å². The molecule has 0 unspecified atom stereocenters. The van der Waals surface area contributed by atoms with Gasteiger partial charge in [-0.3, -0.25) is 4.90 Å². The van der Waals surface area contributed by atoms with Gasteiger partial charge in [0.1, 0.15) is 5.82 Å². The van der Waals surface area contributed by atoms with Crippen molar-refractivity contribution < 1.29 is 0 Å². The predicted molar refractivity (Wildman–Crippen MR) is 87.9 cm³/mol. The van der Waals surface area contributed by atoms with Crippen LogP contribution >= 0.6 is 22.9 Å². The largest absolute Gasteiger partial charge is 0.375 e. The normalized spacial score (nSPS) is 17.1. The third-order valence-electron chi connectivity index (χ3n) is 3.58. The van der Waals surface area contributed by atoms with Crippen LogP contribution in [0.25, 0.3) is 0 Å². The standard InChI is InChI=1S/C13H20N6S2/c1-2-11-16-13(21-17-11)19-5-3-4-18(6-7-19)9-10-8-15-12(14)20-10/h8H,2-7,9H2,1H3,(H2,14,15). The number of anilines is 2. The highest BCUT2D eigenvalue weighted by Gasteiger charge is 2.18. The van der Waals surface area contributed by atoms with Gasteiger partial charge < -0.3 is 10.6 Å². The van der Waals surface area contributed by atoms with Gasteiger partial charge in [-0.05, 0) is 6.42 Å². The van der Waals surface area contributed by atoms with Crippen LogP contribution in [0.5, 0.6) is 0 Å². The Hall–Kier alpha value is -1.25. The van der Waals surface area contributed by atoms with Crippen LogP contribution in [0.15, 0.2) is 6.20 Å². The van der Waals surface area contributed by atoms with Crippen molar-refractivity contribution >= 4 is 33.1 Å². The van der Waals surface area contributed by atoms with Crippen LogP contribution in [0.2, 0.25) is 0 Å². The van der Waals surface area contributed by atoms with Crippen LogP contribution in [-0.2, 0) is 13.0 Å². The van der Waals surface area contributed by atoms with E-state index in [1.807, 2.05) is 6.20 Å². The van der Waals surface area contributed by atoms with E-state index in [0.29, 0.717) is 5.13 Å². The summed E-state index contributed by atoms with van der Waals surface area (Å²) in [6.07, 6.45) is 3.94. The Morgan fingerprint density at radius 3 is 2.90 bits per heavy atom. The Balaban J connectivity index is 1.58. The Morgan fingerprint density at radius 2 is 2.19 bits per heavy atom. The summed E-state index contributed by atoms with van der Waals surface area (Å²) >= 11 is 3.10. The first-order valence-electron chi connectivity index (χ1n) is 7.24. The van der Waals surface area contributed by atoms with Crippen LogP contribution in [0.4, 0.5) is 10.3 Å². The summed E-state index contributed by atoms with van der Waals surface area (Å²) in [5.74, 6) is 0.955. The Labute approximate surface area is 132 Å². The third kappa shape index (κ3) is 3.69. The first-order chi connectivity index (χ1) is 10.2. The number of aryl methyl sites for hydroxylation is 1. The Bertz CT molecular complexity index is 581. The summed E-state index contributed by atoms with van der Waals surface area (Å²) in [6, 6.07) is 0. The van der Waals surface area contributed by atoms with E-state index in [-0.39, 0.29) is 0 Å². The second-order valence-corrected chi connectivity index (χ2v) is 7.01. The molecule has 2 aromatic heterocycles. The zero-order valence-electron chi connectivity index (χ0n) is 12.2. The monoisotopic (exact) mass is 324 g/mol. The summed E-state index contributed by atoms with van der Waals surface area (Å²) in [5.41, 5.74) is 5.69. The molecule has 6 nitrogen and oxygen atoms in total. The van der Waals surface area contributed by atoms with Crippen molar-refractivity contribution in [2.24, 2.45) is 0 Å². The number of hydrogen-bond donors (Lipinski definition) is 1. The lowest BCUT2D eigenvalue weighted by Crippen LogP contribution is -2.30. The second kappa shape index (κ2) is 6.67. The van der Waals surface area contributed by atoms with Crippen LogP contribution in [-0.4, -0.2) is 45.4 Å². The van der Waals surface area contributed by atoms with E-state index in [2.05, 4.69) is 31.1 Å². The molecule has 2 N–H and O–H groups in total. The van der Waals surface area contributed by atoms with Crippen molar-refractivity contribution in [1.29, 1.82) is 0 Å². The van der Waals surface area contributed by atoms with E-state index in [1.54, 1.807) is 11.3 Å². The average Bonchev–Trinajstić information content (AvgIpc) is 3.05. The van der Waals surface area contributed by atoms with E-state index in [1.165, 1.54) is 16.4 Å². The van der Waals surface area contributed by atoms with Crippen molar-refractivity contribution in [2.75, 3.05) is 36.8 Å². The number of thiazole rings is 1. The van der Waals surface area contributed by atoms with Crippen LogP contribution < -0.4 is 10.6 Å². The van der Waals surface area contributed by atoms with Gasteiger partial charge in [0.05, 0.1) is 0 Å². The van der Waals surface area contributed by atoms with Crippen molar-refractivity contribution in [3.05, 3.63) is 16.9 Å². The van der Waals surface area contributed by atoms with E-state index in [0.717, 1.165) is 56.5 Å². The van der Waals surface area contributed by atoms with Crippen molar-refractivity contribution in [1.82, 2.24) is 19.2 Å². The zero-order valence-corrected chi connectivity index (χ0v) is 13.8. The molecule has 0 bridgehead atoms. The van der Waals surface area contributed by atoms with Gasteiger partial charge >= 0.3 is 0 Å². The van der Waals surface area contributed by atoms with Gasteiger partial charge in [-0.1, -0.05) is 6.92 Å². The number of nitrogens with two attached hydrogens (primary N) is 1. The smallest absolute Gasteiger partial charge is 0.205 e. The molecule has 114 valence electrons. The molecule has 0 radical (unpaired) electrons. The molecule has 1 fully saturated rings. The number of hydrogen-bond acceptors (Lipinski definition) is 8. The van der Waals surface area contributed by atoms with E-state index in [4.69, 9.17) is 5.73 Å². The summed E-state index contributed by atoms with van der Waals surface area (Å²) in [5, 5.41) is 1.72. The summed E-state index contributed by atoms with van der Waals surface area (Å²) in [4.78, 5) is 14.8. The minimum Gasteiger partial charge on any atom is -0.375 e. The van der Waals surface area contributed by atoms with Crippen molar-refractivity contribution in [2.45, 2.75) is 26.3 Å². The molecule has 2 aromatic rings. The molecule has 21 heavy (non-hydrogen) atoms. The fourth-order valence-corrected chi connectivity index (χ4v) is 3.98. The quantitative estimate of drug-likeness (QED) is 0.925. The highest BCUT2D eigenvalue weighted by molar-refractivity contribution is 7.15. The fraction of sp³-hybridized carbons (Fsp3) is 0.615. The first-order valence-corrected chi connectivity index (χ1v) is 8.83. The summed E-state index contributed by atoms with van der Waals surface area (Å²) in [6.45, 7) is 7.24. The topological polar surface area (TPSA) is 71.2 Å². The van der Waals surface area contributed by atoms with Gasteiger partial charge in [-0.25, -0.2) is 9.97 Å². The number of nitrogens with zero attached hydrogens (tertiary/aromatic N) is 5. The highest BCUT2D eigenvalue weighted by Crippen LogP contribution is 2.21. The molecule has 1 saturated heterocycles.